The van der Waals surface area contributed by atoms with Gasteiger partial charge in [0.1, 0.15) is 5.78 Å². The van der Waals surface area contributed by atoms with E-state index in [0.29, 0.717) is 32.5 Å². The summed E-state index contributed by atoms with van der Waals surface area (Å²) in [5.41, 5.74) is 2.54. The summed E-state index contributed by atoms with van der Waals surface area (Å²) in [5, 5.41) is 8.15. The van der Waals surface area contributed by atoms with Crippen LogP contribution in [-0.4, -0.2) is 114 Å². The third kappa shape index (κ3) is 49.6. The Balaban J connectivity index is -0.000000263. The zero-order chi connectivity index (χ0) is 64.3. The van der Waals surface area contributed by atoms with Crippen LogP contribution in [0.5, 0.6) is 0 Å². The number of nitriles is 1. The van der Waals surface area contributed by atoms with Crippen molar-refractivity contribution in [2.45, 2.75) is 271 Å². The molecule has 0 bridgehead atoms. The molecule has 0 atom stereocenters. The lowest BCUT2D eigenvalue weighted by Crippen LogP contribution is -2.40. The summed E-state index contributed by atoms with van der Waals surface area (Å²) in [6.45, 7) is 76.7. The monoisotopic (exact) mass is 1140 g/mol. The number of Topliss-reactive ketones (excluding diaryl/α,β-unsaturated/α-hetero) is 1. The zero-order valence-corrected chi connectivity index (χ0v) is 60.5. The van der Waals surface area contributed by atoms with Crippen LogP contribution in [0.4, 0.5) is 0 Å². The van der Waals surface area contributed by atoms with E-state index in [-0.39, 0.29) is 27.9 Å². The van der Waals surface area contributed by atoms with E-state index in [1.54, 1.807) is 41.7 Å². The summed E-state index contributed by atoms with van der Waals surface area (Å²) in [7, 11) is 1.12. The third-order valence-corrected chi connectivity index (χ3v) is 17.9. The lowest BCUT2D eigenvalue weighted by atomic mass is 9.67. The molecule has 0 radical (unpaired) electrons. The number of likely N-dealkylation sites (tertiary alicyclic amines) is 2. The molecule has 0 aromatic carbocycles. The summed E-state index contributed by atoms with van der Waals surface area (Å²) >= 11 is 0. The number of hydrogen-bond donors (Lipinski definition) is 0. The molecular weight excluding hydrogens is 1000 g/mol. The average Bonchev–Trinajstić information content (AvgIpc) is 3.20. The van der Waals surface area contributed by atoms with Gasteiger partial charge in [0.15, 0.2) is 9.84 Å². The molecule has 476 valence electrons. The van der Waals surface area contributed by atoms with Crippen LogP contribution in [0.3, 0.4) is 0 Å². The number of nitrogens with zero attached hydrogens (tertiary/aromatic N) is 3. The van der Waals surface area contributed by atoms with Crippen LogP contribution in [0.15, 0.2) is 0 Å². The minimum atomic E-state index is -2.84. The molecule has 4 aliphatic heterocycles. The fourth-order valence-corrected chi connectivity index (χ4v) is 7.17. The maximum atomic E-state index is 11.1. The number of piperidine rings is 2. The van der Waals surface area contributed by atoms with E-state index in [0.717, 1.165) is 76.2 Å². The molecule has 4 aliphatic rings. The minimum Gasteiger partial charge on any atom is -0.385 e. The smallest absolute Gasteiger partial charge is 0.219 e. The van der Waals surface area contributed by atoms with Gasteiger partial charge in [0.05, 0.1) is 24.0 Å². The van der Waals surface area contributed by atoms with Gasteiger partial charge in [0, 0.05) is 69.9 Å². The van der Waals surface area contributed by atoms with Crippen molar-refractivity contribution in [3.63, 3.8) is 0 Å². The highest BCUT2D eigenvalue weighted by Crippen LogP contribution is 2.39. The zero-order valence-electron chi connectivity index (χ0n) is 59.7. The molecule has 0 aliphatic carbocycles. The van der Waals surface area contributed by atoms with Gasteiger partial charge in [0.25, 0.3) is 0 Å². The topological polar surface area (TPSA) is 126 Å². The molecular formula is C68H141N3O7S. The van der Waals surface area contributed by atoms with Crippen molar-refractivity contribution in [1.29, 1.82) is 5.26 Å². The Morgan fingerprint density at radius 3 is 0.975 bits per heavy atom. The number of sulfone groups is 1. The van der Waals surface area contributed by atoms with Gasteiger partial charge in [-0.05, 0) is 169 Å². The summed E-state index contributed by atoms with van der Waals surface area (Å²) < 4.78 is 36.0. The molecule has 4 fully saturated rings. The standard InChI is InChI=1S/C11H21NO.C10H21N.2C9H18O.C7H14O.C7H16O.C5H9N.C5H12O2S.C5H12/c1-9(13)12-7-5-10(6-8-12)11(2,3)4;1-10(2,3)9-5-7-11(4)8-6-9;1-9(2,3)8-4-6-10-7-5-8;1-7(10)9(5,6)8(2,3)4;1-7(2,3)6-4-8-5-6;1-7(2,3)5-6-8-4;1-5(2,3)4-6;1-5(2,3)8(4,6)7;1-5(2,3)4/h10H,5-8H2,1-4H3;9H,5-8H2,1-4H3;8H,4-7H2,1-3H3;1-6H3;6H,4-5H2,1-3H3;5-6H2,1-4H3;1-3H3;1-4H3;1-4H3. The van der Waals surface area contributed by atoms with Crippen molar-refractivity contribution in [3.05, 3.63) is 0 Å². The van der Waals surface area contributed by atoms with Crippen molar-refractivity contribution < 1.29 is 32.2 Å². The van der Waals surface area contributed by atoms with Crippen LogP contribution in [-0.2, 0) is 33.6 Å². The van der Waals surface area contributed by atoms with Crippen molar-refractivity contribution in [2.75, 3.05) is 79.6 Å². The molecule has 4 heterocycles. The van der Waals surface area contributed by atoms with Gasteiger partial charge in [-0.15, -0.1) is 0 Å². The van der Waals surface area contributed by atoms with Gasteiger partial charge >= 0.3 is 0 Å². The molecule has 0 unspecified atom stereocenters. The van der Waals surface area contributed by atoms with Crippen molar-refractivity contribution >= 4 is 21.5 Å². The first-order chi connectivity index (χ1) is 34.7. The van der Waals surface area contributed by atoms with E-state index in [1.165, 1.54) is 57.9 Å². The van der Waals surface area contributed by atoms with Crippen LogP contribution in [0.2, 0.25) is 0 Å². The second-order valence-corrected chi connectivity index (χ2v) is 36.7. The Morgan fingerprint density at radius 2 is 0.835 bits per heavy atom. The molecule has 1 amide bonds. The van der Waals surface area contributed by atoms with Crippen LogP contribution in [0.25, 0.3) is 0 Å². The van der Waals surface area contributed by atoms with Gasteiger partial charge in [-0.2, -0.15) is 5.26 Å². The Labute approximate surface area is 495 Å². The summed E-state index contributed by atoms with van der Waals surface area (Å²) in [6.07, 6.45) is 10.0. The minimum absolute atomic E-state index is 0.0683. The first-order valence-corrected chi connectivity index (χ1v) is 32.3. The molecule has 0 saturated carbocycles. The van der Waals surface area contributed by atoms with E-state index in [2.05, 4.69) is 170 Å². The Hall–Kier alpha value is -1.58. The molecule has 0 aromatic rings. The van der Waals surface area contributed by atoms with Crippen molar-refractivity contribution in [3.8, 4) is 6.07 Å². The molecule has 0 aromatic heterocycles. The predicted octanol–water partition coefficient (Wildman–Crippen LogP) is 18.0. The molecule has 0 N–H and O–H groups in total. The van der Waals surface area contributed by atoms with Crippen LogP contribution in [0, 0.1) is 83.7 Å². The average molecular weight is 1140 g/mol. The highest BCUT2D eigenvalue weighted by molar-refractivity contribution is 7.92. The van der Waals surface area contributed by atoms with E-state index in [1.807, 2.05) is 39.5 Å². The summed E-state index contributed by atoms with van der Waals surface area (Å²) in [6, 6.07) is 2.10. The SMILES string of the molecule is CC(=O)C(C)(C)C(C)(C)C.CC(=O)N1CCC(C(C)(C)C)CC1.CC(C)(C)C.CC(C)(C)C#N.CC(C)(C)C1CCOCC1.CC(C)(C)C1COC1.CC(C)(C)S(C)(=O)=O.CN1CCC(C(C)(C)C)CC1.COCCC(C)(C)C. The van der Waals surface area contributed by atoms with Gasteiger partial charge in [-0.25, -0.2) is 8.42 Å². The molecule has 11 heteroatoms. The molecule has 0 spiro atoms. The second-order valence-electron chi connectivity index (χ2n) is 33.9. The predicted molar refractivity (Wildman–Crippen MR) is 346 cm³/mol. The number of ketones is 1. The Bertz CT molecular complexity index is 1720. The van der Waals surface area contributed by atoms with Crippen molar-refractivity contribution in [2.24, 2.45) is 72.4 Å². The lowest BCUT2D eigenvalue weighted by molar-refractivity contribution is -0.131. The number of ether oxygens (including phenoxy) is 3. The summed E-state index contributed by atoms with van der Waals surface area (Å²) in [4.78, 5) is 26.6. The third-order valence-electron chi connectivity index (χ3n) is 15.7. The van der Waals surface area contributed by atoms with Gasteiger partial charge in [-0.3, -0.25) is 9.59 Å². The summed E-state index contributed by atoms with van der Waals surface area (Å²) in [5.74, 6) is 3.90. The van der Waals surface area contributed by atoms with E-state index in [9.17, 15) is 18.0 Å². The first kappa shape index (κ1) is 86.2. The quantitative estimate of drug-likeness (QED) is 0.271. The van der Waals surface area contributed by atoms with Crippen LogP contribution in [0.1, 0.15) is 267 Å². The lowest BCUT2D eigenvalue weighted by Gasteiger charge is -2.38. The largest absolute Gasteiger partial charge is 0.385 e. The fourth-order valence-electron chi connectivity index (χ4n) is 7.17. The number of rotatable bonds is 3. The van der Waals surface area contributed by atoms with Crippen molar-refractivity contribution in [1.82, 2.24) is 9.80 Å². The van der Waals surface area contributed by atoms with E-state index >= 15 is 0 Å². The number of hydrogen-bond acceptors (Lipinski definition) is 9. The van der Waals surface area contributed by atoms with E-state index in [4.69, 9.17) is 19.5 Å². The molecule has 4 rings (SSSR count). The fraction of sp³-hybridized carbons (Fsp3) is 0.956. The normalized spacial score (nSPS) is 17.8. The van der Waals surface area contributed by atoms with Gasteiger partial charge < -0.3 is 24.0 Å². The maximum Gasteiger partial charge on any atom is 0.219 e. The Kier molecular flexibility index (Phi) is 40.4. The number of amides is 1. The number of methoxy groups -OCH3 is 1. The molecule has 79 heavy (non-hydrogen) atoms. The highest BCUT2D eigenvalue weighted by Gasteiger charge is 2.37. The maximum absolute atomic E-state index is 11.1. The van der Waals surface area contributed by atoms with Crippen LogP contribution >= 0.6 is 0 Å². The van der Waals surface area contributed by atoms with Crippen LogP contribution < -0.4 is 0 Å². The first-order valence-electron chi connectivity index (χ1n) is 30.4. The van der Waals surface area contributed by atoms with E-state index < -0.39 is 14.6 Å². The number of carbonyl (C=O) groups is 2. The second kappa shape index (κ2) is 37.0. The molecule has 4 saturated heterocycles. The van der Waals surface area contributed by atoms with Gasteiger partial charge in [0.2, 0.25) is 5.91 Å². The number of carbonyl (C=O) groups excluding carboxylic acids is 2. The highest BCUT2D eigenvalue weighted by atomic mass is 32.2. The van der Waals surface area contributed by atoms with Gasteiger partial charge in [-0.1, -0.05) is 166 Å². The Morgan fingerprint density at radius 1 is 0.544 bits per heavy atom. The molecule has 10 nitrogen and oxygen atoms in total.